The summed E-state index contributed by atoms with van der Waals surface area (Å²) < 4.78 is 5.75. The largest absolute Gasteiger partial charge is 0.456 e. The Morgan fingerprint density at radius 2 is 1.91 bits per heavy atom. The number of nitrogens with two attached hydrogens (primary N) is 1. The molecule has 3 rings (SSSR count). The van der Waals surface area contributed by atoms with E-state index >= 15 is 0 Å². The van der Waals surface area contributed by atoms with Crippen molar-refractivity contribution in [3.05, 3.63) is 23.2 Å². The lowest BCUT2D eigenvalue weighted by Gasteiger charge is -2.29. The summed E-state index contributed by atoms with van der Waals surface area (Å²) in [5.41, 5.74) is 7.05. The third kappa shape index (κ3) is 3.52. The van der Waals surface area contributed by atoms with E-state index in [1.54, 1.807) is 0 Å². The Kier molecular flexibility index (Phi) is 4.84. The van der Waals surface area contributed by atoms with E-state index in [9.17, 15) is 4.79 Å². The van der Waals surface area contributed by atoms with Crippen LogP contribution in [0.2, 0.25) is 0 Å². The first-order chi connectivity index (χ1) is 10.6. The molecule has 2 N–H and O–H groups in total. The smallest absolute Gasteiger partial charge is 0.289 e. The van der Waals surface area contributed by atoms with E-state index in [1.165, 1.54) is 19.3 Å². The van der Waals surface area contributed by atoms with Gasteiger partial charge in [-0.05, 0) is 51.8 Å². The number of carbonyl (C=O) groups excluding carboxylic acids is 1. The standard InChI is InChI=1S/C17H27N3O2/c1-13-14(12-19-7-3-2-4-8-19)11-16(22-13)17(21)20-9-5-15(18)6-10-20/h11,15H,2-10,12,18H2,1H3. The Morgan fingerprint density at radius 3 is 2.59 bits per heavy atom. The molecule has 22 heavy (non-hydrogen) atoms. The number of aryl methyl sites for hydroxylation is 1. The van der Waals surface area contributed by atoms with Gasteiger partial charge in [0, 0.05) is 31.2 Å². The van der Waals surface area contributed by atoms with Gasteiger partial charge in [0.2, 0.25) is 0 Å². The Hall–Kier alpha value is -1.33. The van der Waals surface area contributed by atoms with Crippen molar-refractivity contribution in [3.63, 3.8) is 0 Å². The number of carbonyl (C=O) groups is 1. The Morgan fingerprint density at radius 1 is 1.23 bits per heavy atom. The van der Waals surface area contributed by atoms with Crippen molar-refractivity contribution in [2.24, 2.45) is 5.73 Å². The number of rotatable bonds is 3. The van der Waals surface area contributed by atoms with Crippen LogP contribution < -0.4 is 5.73 Å². The van der Waals surface area contributed by atoms with Crippen LogP contribution in [0.4, 0.5) is 0 Å². The summed E-state index contributed by atoms with van der Waals surface area (Å²) in [6, 6.07) is 2.18. The number of amides is 1. The van der Waals surface area contributed by atoms with Crippen molar-refractivity contribution >= 4 is 5.91 Å². The molecular weight excluding hydrogens is 278 g/mol. The molecular formula is C17H27N3O2. The van der Waals surface area contributed by atoms with Gasteiger partial charge in [0.15, 0.2) is 5.76 Å². The molecule has 2 saturated heterocycles. The number of nitrogens with zero attached hydrogens (tertiary/aromatic N) is 2. The van der Waals surface area contributed by atoms with Crippen molar-refractivity contribution in [1.82, 2.24) is 9.80 Å². The van der Waals surface area contributed by atoms with E-state index < -0.39 is 0 Å². The molecule has 5 nitrogen and oxygen atoms in total. The molecule has 0 bridgehead atoms. The minimum Gasteiger partial charge on any atom is -0.456 e. The van der Waals surface area contributed by atoms with Gasteiger partial charge in [-0.15, -0.1) is 0 Å². The monoisotopic (exact) mass is 305 g/mol. The average molecular weight is 305 g/mol. The number of piperidine rings is 2. The molecule has 1 amide bonds. The number of hydrogen-bond acceptors (Lipinski definition) is 4. The predicted molar refractivity (Wildman–Crippen MR) is 85.7 cm³/mol. The Balaban J connectivity index is 1.64. The molecule has 3 heterocycles. The zero-order valence-corrected chi connectivity index (χ0v) is 13.5. The molecule has 0 atom stereocenters. The SMILES string of the molecule is Cc1oc(C(=O)N2CCC(N)CC2)cc1CN1CCCCC1. The van der Waals surface area contributed by atoms with E-state index in [0.29, 0.717) is 5.76 Å². The summed E-state index contributed by atoms with van der Waals surface area (Å²) >= 11 is 0. The van der Waals surface area contributed by atoms with Gasteiger partial charge in [-0.2, -0.15) is 0 Å². The molecule has 0 saturated carbocycles. The summed E-state index contributed by atoms with van der Waals surface area (Å²) in [5, 5.41) is 0. The molecule has 2 aliphatic heterocycles. The van der Waals surface area contributed by atoms with Crippen molar-refractivity contribution in [2.45, 2.75) is 51.6 Å². The van der Waals surface area contributed by atoms with Crippen LogP contribution in [0.25, 0.3) is 0 Å². The Bertz CT molecular complexity index is 512. The van der Waals surface area contributed by atoms with Gasteiger partial charge in [-0.3, -0.25) is 9.69 Å². The van der Waals surface area contributed by atoms with Crippen molar-refractivity contribution < 1.29 is 9.21 Å². The van der Waals surface area contributed by atoms with Crippen LogP contribution in [0.3, 0.4) is 0 Å². The van der Waals surface area contributed by atoms with Gasteiger partial charge in [0.05, 0.1) is 0 Å². The average Bonchev–Trinajstić information content (AvgIpc) is 2.89. The number of hydrogen-bond donors (Lipinski definition) is 1. The van der Waals surface area contributed by atoms with Gasteiger partial charge in [0.1, 0.15) is 5.76 Å². The quantitative estimate of drug-likeness (QED) is 0.929. The molecule has 0 spiro atoms. The first-order valence-electron chi connectivity index (χ1n) is 8.50. The van der Waals surface area contributed by atoms with Gasteiger partial charge in [-0.1, -0.05) is 6.42 Å². The second-order valence-electron chi connectivity index (χ2n) is 6.66. The molecule has 1 aromatic heterocycles. The minimum atomic E-state index is 0.0138. The maximum atomic E-state index is 12.5. The van der Waals surface area contributed by atoms with Crippen LogP contribution in [0.15, 0.2) is 10.5 Å². The second-order valence-corrected chi connectivity index (χ2v) is 6.66. The maximum absolute atomic E-state index is 12.5. The van der Waals surface area contributed by atoms with Crippen LogP contribution >= 0.6 is 0 Å². The number of likely N-dealkylation sites (tertiary alicyclic amines) is 2. The summed E-state index contributed by atoms with van der Waals surface area (Å²) in [6.45, 7) is 6.63. The van der Waals surface area contributed by atoms with E-state index in [4.69, 9.17) is 10.2 Å². The van der Waals surface area contributed by atoms with E-state index in [0.717, 1.165) is 56.9 Å². The zero-order valence-electron chi connectivity index (χ0n) is 13.5. The molecule has 2 aliphatic rings. The lowest BCUT2D eigenvalue weighted by molar-refractivity contribution is 0.0681. The fraction of sp³-hybridized carbons (Fsp3) is 0.706. The fourth-order valence-electron chi connectivity index (χ4n) is 3.40. The van der Waals surface area contributed by atoms with Crippen LogP contribution in [0, 0.1) is 6.92 Å². The zero-order chi connectivity index (χ0) is 15.5. The first-order valence-corrected chi connectivity index (χ1v) is 8.50. The normalized spacial score (nSPS) is 21.3. The maximum Gasteiger partial charge on any atom is 0.289 e. The predicted octanol–water partition coefficient (Wildman–Crippen LogP) is 2.14. The minimum absolute atomic E-state index is 0.0138. The van der Waals surface area contributed by atoms with Gasteiger partial charge in [0.25, 0.3) is 5.91 Å². The van der Waals surface area contributed by atoms with E-state index in [2.05, 4.69) is 4.90 Å². The lowest BCUT2D eigenvalue weighted by atomic mass is 10.1. The molecule has 0 radical (unpaired) electrons. The summed E-state index contributed by atoms with van der Waals surface area (Å²) in [6.07, 6.45) is 5.65. The summed E-state index contributed by atoms with van der Waals surface area (Å²) in [4.78, 5) is 16.9. The Labute approximate surface area is 132 Å². The summed E-state index contributed by atoms with van der Waals surface area (Å²) in [5.74, 6) is 1.38. The third-order valence-corrected chi connectivity index (χ3v) is 4.90. The molecule has 122 valence electrons. The fourth-order valence-corrected chi connectivity index (χ4v) is 3.40. The van der Waals surface area contributed by atoms with Crippen LogP contribution in [0.5, 0.6) is 0 Å². The highest BCUT2D eigenvalue weighted by molar-refractivity contribution is 5.91. The van der Waals surface area contributed by atoms with Gasteiger partial charge < -0.3 is 15.1 Å². The number of furan rings is 1. The highest BCUT2D eigenvalue weighted by Gasteiger charge is 2.25. The first kappa shape index (κ1) is 15.6. The molecule has 5 heteroatoms. The molecule has 2 fully saturated rings. The third-order valence-electron chi connectivity index (χ3n) is 4.90. The highest BCUT2D eigenvalue weighted by Crippen LogP contribution is 2.21. The van der Waals surface area contributed by atoms with Crippen LogP contribution in [0.1, 0.15) is 54.0 Å². The van der Waals surface area contributed by atoms with Gasteiger partial charge in [-0.25, -0.2) is 0 Å². The summed E-state index contributed by atoms with van der Waals surface area (Å²) in [7, 11) is 0. The molecule has 1 aromatic rings. The molecule has 0 aromatic carbocycles. The van der Waals surface area contributed by atoms with Gasteiger partial charge >= 0.3 is 0 Å². The van der Waals surface area contributed by atoms with Crippen LogP contribution in [-0.2, 0) is 6.54 Å². The second kappa shape index (κ2) is 6.84. The van der Waals surface area contributed by atoms with Crippen LogP contribution in [-0.4, -0.2) is 47.9 Å². The van der Waals surface area contributed by atoms with Crippen molar-refractivity contribution in [2.75, 3.05) is 26.2 Å². The van der Waals surface area contributed by atoms with E-state index in [1.807, 2.05) is 17.9 Å². The molecule has 0 unspecified atom stereocenters. The molecule has 0 aliphatic carbocycles. The van der Waals surface area contributed by atoms with Crippen molar-refractivity contribution in [1.29, 1.82) is 0 Å². The lowest BCUT2D eigenvalue weighted by Crippen LogP contribution is -2.42. The highest BCUT2D eigenvalue weighted by atomic mass is 16.4. The van der Waals surface area contributed by atoms with E-state index in [-0.39, 0.29) is 11.9 Å². The topological polar surface area (TPSA) is 62.7 Å². The van der Waals surface area contributed by atoms with Crippen molar-refractivity contribution in [3.8, 4) is 0 Å².